The minimum Gasteiger partial charge on any atom is -0.497 e. The summed E-state index contributed by atoms with van der Waals surface area (Å²) in [7, 11) is -2.80. The molecule has 1 aliphatic carbocycles. The molecule has 4 rings (SSSR count). The first-order chi connectivity index (χ1) is 19.7. The maximum atomic E-state index is 15.0. The van der Waals surface area contributed by atoms with Gasteiger partial charge in [-0.05, 0) is 61.7 Å². The number of sulfonamides is 1. The average molecular weight is 582 g/mol. The number of rotatable bonds is 11. The molecule has 8 nitrogen and oxygen atoms in total. The summed E-state index contributed by atoms with van der Waals surface area (Å²) < 4.78 is 48.6. The molecule has 0 radical (unpaired) electrons. The molecule has 1 atom stereocenters. The van der Waals surface area contributed by atoms with E-state index in [2.05, 4.69) is 5.32 Å². The van der Waals surface area contributed by atoms with Gasteiger partial charge in [0, 0.05) is 12.6 Å². The Morgan fingerprint density at radius 2 is 1.66 bits per heavy atom. The summed E-state index contributed by atoms with van der Waals surface area (Å²) in [6.45, 7) is 0.935. The van der Waals surface area contributed by atoms with Gasteiger partial charge in [-0.3, -0.25) is 13.9 Å². The molecule has 41 heavy (non-hydrogen) atoms. The van der Waals surface area contributed by atoms with Crippen LogP contribution in [0.2, 0.25) is 0 Å². The summed E-state index contributed by atoms with van der Waals surface area (Å²) in [5.74, 6) is -1.19. The van der Waals surface area contributed by atoms with Crippen LogP contribution in [0.4, 0.5) is 10.1 Å². The zero-order valence-corrected chi connectivity index (χ0v) is 24.1. The maximum Gasteiger partial charge on any atom is 0.264 e. The summed E-state index contributed by atoms with van der Waals surface area (Å²) in [5, 5.41) is 3.06. The highest BCUT2D eigenvalue weighted by Crippen LogP contribution is 2.27. The van der Waals surface area contributed by atoms with Crippen molar-refractivity contribution in [3.8, 4) is 5.75 Å². The number of ether oxygens (including phenoxy) is 1. The Hall–Kier alpha value is -3.92. The fraction of sp³-hybridized carbons (Fsp3) is 0.355. The Kier molecular flexibility index (Phi) is 9.99. The van der Waals surface area contributed by atoms with Gasteiger partial charge in [0.15, 0.2) is 0 Å². The molecule has 1 fully saturated rings. The molecule has 0 aliphatic heterocycles. The highest BCUT2D eigenvalue weighted by molar-refractivity contribution is 7.92. The monoisotopic (exact) mass is 581 g/mol. The molecule has 1 N–H and O–H groups in total. The molecule has 3 aromatic rings. The number of nitrogens with zero attached hydrogens (tertiary/aromatic N) is 2. The van der Waals surface area contributed by atoms with Crippen LogP contribution >= 0.6 is 0 Å². The van der Waals surface area contributed by atoms with Crippen LogP contribution in [-0.4, -0.2) is 50.9 Å². The molecule has 0 saturated heterocycles. The normalized spacial score (nSPS) is 14.6. The smallest absolute Gasteiger partial charge is 0.264 e. The highest BCUT2D eigenvalue weighted by atomic mass is 32.2. The summed E-state index contributed by atoms with van der Waals surface area (Å²) in [5.41, 5.74) is 0.434. The van der Waals surface area contributed by atoms with Crippen molar-refractivity contribution in [1.29, 1.82) is 0 Å². The number of hydrogen-bond acceptors (Lipinski definition) is 5. The van der Waals surface area contributed by atoms with Gasteiger partial charge < -0.3 is 15.0 Å². The van der Waals surface area contributed by atoms with Gasteiger partial charge >= 0.3 is 0 Å². The number of carbonyl (C=O) groups excluding carboxylic acids is 2. The van der Waals surface area contributed by atoms with Crippen LogP contribution in [0.3, 0.4) is 0 Å². The second kappa shape index (κ2) is 13.6. The first kappa shape index (κ1) is 30.0. The quantitative estimate of drug-likeness (QED) is 0.348. The molecule has 2 amide bonds. The lowest BCUT2D eigenvalue weighted by atomic mass is 9.95. The first-order valence-corrected chi connectivity index (χ1v) is 15.2. The number of amides is 2. The van der Waals surface area contributed by atoms with Crippen molar-refractivity contribution >= 4 is 27.5 Å². The molecule has 0 spiro atoms. The number of carbonyl (C=O) groups is 2. The lowest BCUT2D eigenvalue weighted by Crippen LogP contribution is -2.53. The fourth-order valence-corrected chi connectivity index (χ4v) is 6.45. The van der Waals surface area contributed by atoms with Gasteiger partial charge in [0.1, 0.15) is 24.2 Å². The molecule has 10 heteroatoms. The zero-order valence-electron chi connectivity index (χ0n) is 23.3. The Labute approximate surface area is 241 Å². The Balaban J connectivity index is 1.68. The van der Waals surface area contributed by atoms with Gasteiger partial charge in [-0.25, -0.2) is 12.8 Å². The predicted octanol–water partition coefficient (Wildman–Crippen LogP) is 4.90. The average Bonchev–Trinajstić information content (AvgIpc) is 2.99. The summed E-state index contributed by atoms with van der Waals surface area (Å²) in [6.07, 6.45) is 4.93. The molecule has 1 saturated carbocycles. The second-order valence-electron chi connectivity index (χ2n) is 10.2. The topological polar surface area (TPSA) is 96.0 Å². The Bertz CT molecular complexity index is 1440. The predicted molar refractivity (Wildman–Crippen MR) is 155 cm³/mol. The van der Waals surface area contributed by atoms with Gasteiger partial charge in [-0.1, -0.05) is 61.7 Å². The van der Waals surface area contributed by atoms with Crippen molar-refractivity contribution in [2.45, 2.75) is 62.6 Å². The van der Waals surface area contributed by atoms with E-state index < -0.39 is 34.3 Å². The number of halogens is 1. The third-order valence-corrected chi connectivity index (χ3v) is 9.11. The van der Waals surface area contributed by atoms with E-state index in [0.29, 0.717) is 11.3 Å². The van der Waals surface area contributed by atoms with Crippen LogP contribution < -0.4 is 14.4 Å². The second-order valence-corrected chi connectivity index (χ2v) is 12.0. The van der Waals surface area contributed by atoms with E-state index in [0.717, 1.165) is 42.5 Å². The van der Waals surface area contributed by atoms with Crippen LogP contribution in [0.1, 0.15) is 44.6 Å². The largest absolute Gasteiger partial charge is 0.497 e. The van der Waals surface area contributed by atoms with E-state index in [1.807, 2.05) is 0 Å². The molecule has 0 aromatic heterocycles. The van der Waals surface area contributed by atoms with Gasteiger partial charge in [0.2, 0.25) is 11.8 Å². The molecular formula is C31H36FN3O5S. The lowest BCUT2D eigenvalue weighted by molar-refractivity contribution is -0.139. The number of hydrogen-bond donors (Lipinski definition) is 1. The van der Waals surface area contributed by atoms with Gasteiger partial charge in [-0.2, -0.15) is 0 Å². The number of nitrogens with one attached hydrogen (secondary N) is 1. The number of anilines is 1. The number of benzene rings is 3. The van der Waals surface area contributed by atoms with Gasteiger partial charge in [-0.15, -0.1) is 0 Å². The van der Waals surface area contributed by atoms with Crippen molar-refractivity contribution < 1.29 is 27.1 Å². The van der Waals surface area contributed by atoms with Crippen LogP contribution in [0.25, 0.3) is 0 Å². The third kappa shape index (κ3) is 7.43. The third-order valence-electron chi connectivity index (χ3n) is 7.34. The summed E-state index contributed by atoms with van der Waals surface area (Å²) >= 11 is 0. The van der Waals surface area contributed by atoms with Crippen molar-refractivity contribution in [3.05, 3.63) is 90.2 Å². The van der Waals surface area contributed by atoms with Crippen LogP contribution in [-0.2, 0) is 26.2 Å². The fourth-order valence-electron chi connectivity index (χ4n) is 5.01. The number of methoxy groups -OCH3 is 1. The van der Waals surface area contributed by atoms with Gasteiger partial charge in [0.05, 0.1) is 17.7 Å². The van der Waals surface area contributed by atoms with E-state index in [-0.39, 0.29) is 29.1 Å². The van der Waals surface area contributed by atoms with E-state index >= 15 is 4.39 Å². The first-order valence-electron chi connectivity index (χ1n) is 13.8. The Morgan fingerprint density at radius 1 is 0.976 bits per heavy atom. The molecule has 0 heterocycles. The van der Waals surface area contributed by atoms with E-state index in [1.54, 1.807) is 49.4 Å². The lowest BCUT2D eigenvalue weighted by Gasteiger charge is -2.33. The minimum atomic E-state index is -4.33. The highest BCUT2D eigenvalue weighted by Gasteiger charge is 2.34. The van der Waals surface area contributed by atoms with E-state index in [4.69, 9.17) is 4.74 Å². The number of para-hydroxylation sites is 1. The summed E-state index contributed by atoms with van der Waals surface area (Å²) in [4.78, 5) is 28.6. The van der Waals surface area contributed by atoms with Gasteiger partial charge in [0.25, 0.3) is 10.0 Å². The van der Waals surface area contributed by atoms with Crippen molar-refractivity contribution in [2.75, 3.05) is 18.0 Å². The van der Waals surface area contributed by atoms with Crippen LogP contribution in [0.15, 0.2) is 83.8 Å². The molecular weight excluding hydrogens is 545 g/mol. The molecule has 3 aromatic carbocycles. The van der Waals surface area contributed by atoms with Crippen molar-refractivity contribution in [1.82, 2.24) is 10.2 Å². The van der Waals surface area contributed by atoms with Crippen molar-refractivity contribution in [2.24, 2.45) is 0 Å². The zero-order chi connectivity index (χ0) is 29.4. The molecule has 0 bridgehead atoms. The Morgan fingerprint density at radius 3 is 2.34 bits per heavy atom. The maximum absolute atomic E-state index is 15.0. The molecule has 218 valence electrons. The van der Waals surface area contributed by atoms with Crippen molar-refractivity contribution in [3.63, 3.8) is 0 Å². The van der Waals surface area contributed by atoms with Crippen LogP contribution in [0.5, 0.6) is 5.75 Å². The van der Waals surface area contributed by atoms with E-state index in [9.17, 15) is 18.0 Å². The standard InChI is InChI=1S/C31H36FN3O5S/c1-23(31(37)33-25-13-5-3-6-14-25)34(21-24-12-11-15-26(20-24)40-2)30(36)22-35(29-19-10-9-18-28(29)32)41(38,39)27-16-7-4-8-17-27/h4,7-12,15-20,23,25H,3,5-6,13-14,21-22H2,1-2H3,(H,33,37). The molecule has 1 aliphatic rings. The molecule has 1 unspecified atom stereocenters. The minimum absolute atomic E-state index is 0.0196. The summed E-state index contributed by atoms with van der Waals surface area (Å²) in [6, 6.07) is 19.2. The SMILES string of the molecule is COc1cccc(CN(C(=O)CN(c2ccccc2F)S(=O)(=O)c2ccccc2)C(C)C(=O)NC2CCCCC2)c1. The van der Waals surface area contributed by atoms with E-state index in [1.165, 1.54) is 42.3 Å². The van der Waals surface area contributed by atoms with Crippen LogP contribution in [0, 0.1) is 5.82 Å².